The standard InChI is InChI=1S/C16H18BrNO/c1-12(2)19-15-9-7-14(8-10-15)18-11-13-5-3-4-6-16(13)17/h3-10,12,18H,11H2,1-2H3. The van der Waals surface area contributed by atoms with E-state index in [-0.39, 0.29) is 6.10 Å². The highest BCUT2D eigenvalue weighted by Gasteiger charge is 2.00. The van der Waals surface area contributed by atoms with Gasteiger partial charge in [0.15, 0.2) is 0 Å². The zero-order valence-corrected chi connectivity index (χ0v) is 12.8. The molecule has 0 radical (unpaired) electrons. The van der Waals surface area contributed by atoms with Crippen molar-refractivity contribution in [2.75, 3.05) is 5.32 Å². The predicted molar refractivity (Wildman–Crippen MR) is 83.7 cm³/mol. The van der Waals surface area contributed by atoms with Crippen molar-refractivity contribution < 1.29 is 4.74 Å². The Hall–Kier alpha value is -1.48. The van der Waals surface area contributed by atoms with Crippen molar-refractivity contribution in [3.63, 3.8) is 0 Å². The Labute approximate surface area is 122 Å². The summed E-state index contributed by atoms with van der Waals surface area (Å²) in [6.45, 7) is 4.85. The van der Waals surface area contributed by atoms with E-state index in [1.165, 1.54) is 5.56 Å². The normalized spacial score (nSPS) is 10.5. The molecule has 2 aromatic carbocycles. The van der Waals surface area contributed by atoms with E-state index in [4.69, 9.17) is 4.74 Å². The van der Waals surface area contributed by atoms with E-state index in [1.54, 1.807) is 0 Å². The third-order valence-electron chi connectivity index (χ3n) is 2.67. The summed E-state index contributed by atoms with van der Waals surface area (Å²) in [6, 6.07) is 16.3. The highest BCUT2D eigenvalue weighted by molar-refractivity contribution is 9.10. The van der Waals surface area contributed by atoms with Crippen molar-refractivity contribution in [2.24, 2.45) is 0 Å². The van der Waals surface area contributed by atoms with Gasteiger partial charge in [-0.3, -0.25) is 0 Å². The molecular formula is C16H18BrNO. The van der Waals surface area contributed by atoms with E-state index in [0.29, 0.717) is 0 Å². The molecule has 3 heteroatoms. The average Bonchev–Trinajstić information content (AvgIpc) is 2.39. The van der Waals surface area contributed by atoms with Crippen LogP contribution in [0.25, 0.3) is 0 Å². The van der Waals surface area contributed by atoms with Gasteiger partial charge in [-0.05, 0) is 49.7 Å². The Morgan fingerprint density at radius 2 is 1.74 bits per heavy atom. The van der Waals surface area contributed by atoms with Gasteiger partial charge in [0, 0.05) is 16.7 Å². The highest BCUT2D eigenvalue weighted by atomic mass is 79.9. The van der Waals surface area contributed by atoms with Crippen molar-refractivity contribution in [2.45, 2.75) is 26.5 Å². The fourth-order valence-electron chi connectivity index (χ4n) is 1.76. The number of halogens is 1. The molecule has 0 unspecified atom stereocenters. The highest BCUT2D eigenvalue weighted by Crippen LogP contribution is 2.20. The molecule has 2 aromatic rings. The summed E-state index contributed by atoms with van der Waals surface area (Å²) in [6.07, 6.45) is 0.207. The van der Waals surface area contributed by atoms with Crippen molar-refractivity contribution >= 4 is 21.6 Å². The fraction of sp³-hybridized carbons (Fsp3) is 0.250. The van der Waals surface area contributed by atoms with E-state index >= 15 is 0 Å². The molecule has 0 aliphatic carbocycles. The lowest BCUT2D eigenvalue weighted by molar-refractivity contribution is 0.242. The second kappa shape index (κ2) is 6.62. The van der Waals surface area contributed by atoms with Crippen LogP contribution in [0.1, 0.15) is 19.4 Å². The Morgan fingerprint density at radius 3 is 2.37 bits per heavy atom. The molecular weight excluding hydrogens is 302 g/mol. The van der Waals surface area contributed by atoms with E-state index in [1.807, 2.05) is 50.2 Å². The van der Waals surface area contributed by atoms with Crippen LogP contribution in [0.15, 0.2) is 53.0 Å². The smallest absolute Gasteiger partial charge is 0.119 e. The average molecular weight is 320 g/mol. The first-order valence-corrected chi connectivity index (χ1v) is 7.18. The zero-order chi connectivity index (χ0) is 13.7. The van der Waals surface area contributed by atoms with Gasteiger partial charge in [-0.15, -0.1) is 0 Å². The van der Waals surface area contributed by atoms with E-state index in [9.17, 15) is 0 Å². The summed E-state index contributed by atoms with van der Waals surface area (Å²) in [5.41, 5.74) is 2.33. The fourth-order valence-corrected chi connectivity index (χ4v) is 2.19. The molecule has 0 aliphatic heterocycles. The van der Waals surface area contributed by atoms with Crippen LogP contribution in [0.2, 0.25) is 0 Å². The van der Waals surface area contributed by atoms with Crippen molar-refractivity contribution in [1.29, 1.82) is 0 Å². The number of nitrogens with one attached hydrogen (secondary N) is 1. The van der Waals surface area contributed by atoms with Crippen molar-refractivity contribution in [1.82, 2.24) is 0 Å². The molecule has 0 saturated carbocycles. The topological polar surface area (TPSA) is 21.3 Å². The second-order valence-corrected chi connectivity index (χ2v) is 5.49. The first kappa shape index (κ1) is 13.9. The lowest BCUT2D eigenvalue weighted by Gasteiger charge is -2.11. The van der Waals surface area contributed by atoms with Crippen LogP contribution in [0.3, 0.4) is 0 Å². The first-order chi connectivity index (χ1) is 9.15. The Balaban J connectivity index is 1.95. The SMILES string of the molecule is CC(C)Oc1ccc(NCc2ccccc2Br)cc1. The Kier molecular flexibility index (Phi) is 4.86. The molecule has 0 fully saturated rings. The molecule has 0 spiro atoms. The largest absolute Gasteiger partial charge is 0.491 e. The quantitative estimate of drug-likeness (QED) is 0.850. The maximum absolute atomic E-state index is 5.62. The minimum absolute atomic E-state index is 0.207. The molecule has 2 nitrogen and oxygen atoms in total. The molecule has 0 aliphatic rings. The van der Waals surface area contributed by atoms with Crippen LogP contribution in [0.4, 0.5) is 5.69 Å². The van der Waals surface area contributed by atoms with E-state index < -0.39 is 0 Å². The molecule has 1 N–H and O–H groups in total. The molecule has 100 valence electrons. The van der Waals surface area contributed by atoms with Gasteiger partial charge in [-0.2, -0.15) is 0 Å². The lowest BCUT2D eigenvalue weighted by atomic mass is 10.2. The van der Waals surface area contributed by atoms with Gasteiger partial charge in [0.25, 0.3) is 0 Å². The molecule has 0 amide bonds. The molecule has 0 aromatic heterocycles. The van der Waals surface area contributed by atoms with Gasteiger partial charge in [-0.1, -0.05) is 34.1 Å². The van der Waals surface area contributed by atoms with Crippen LogP contribution in [-0.2, 0) is 6.54 Å². The van der Waals surface area contributed by atoms with Crippen LogP contribution in [-0.4, -0.2) is 6.10 Å². The monoisotopic (exact) mass is 319 g/mol. The summed E-state index contributed by atoms with van der Waals surface area (Å²) in [5, 5.41) is 3.40. The summed E-state index contributed by atoms with van der Waals surface area (Å²) in [5.74, 6) is 0.904. The number of hydrogen-bond acceptors (Lipinski definition) is 2. The second-order valence-electron chi connectivity index (χ2n) is 4.64. The van der Waals surface area contributed by atoms with Crippen molar-refractivity contribution in [3.8, 4) is 5.75 Å². The molecule has 0 saturated heterocycles. The maximum Gasteiger partial charge on any atom is 0.119 e. The van der Waals surface area contributed by atoms with Crippen LogP contribution in [0.5, 0.6) is 5.75 Å². The van der Waals surface area contributed by atoms with Crippen molar-refractivity contribution in [3.05, 3.63) is 58.6 Å². The predicted octanol–water partition coefficient (Wildman–Crippen LogP) is 4.85. The van der Waals surface area contributed by atoms with E-state index in [0.717, 1.165) is 22.5 Å². The number of hydrogen-bond donors (Lipinski definition) is 1. The van der Waals surface area contributed by atoms with Gasteiger partial charge in [0.2, 0.25) is 0 Å². The van der Waals surface area contributed by atoms with Gasteiger partial charge in [0.1, 0.15) is 5.75 Å². The van der Waals surface area contributed by atoms with Gasteiger partial charge < -0.3 is 10.1 Å². The number of rotatable bonds is 5. The van der Waals surface area contributed by atoms with Crippen LogP contribution >= 0.6 is 15.9 Å². The summed E-state index contributed by atoms with van der Waals surface area (Å²) >= 11 is 3.55. The Bertz CT molecular complexity index is 523. The number of anilines is 1. The molecule has 0 bridgehead atoms. The summed E-state index contributed by atoms with van der Waals surface area (Å²) in [7, 11) is 0. The summed E-state index contributed by atoms with van der Waals surface area (Å²) in [4.78, 5) is 0. The third kappa shape index (κ3) is 4.28. The minimum atomic E-state index is 0.207. The minimum Gasteiger partial charge on any atom is -0.491 e. The zero-order valence-electron chi connectivity index (χ0n) is 11.2. The van der Waals surface area contributed by atoms with Gasteiger partial charge >= 0.3 is 0 Å². The maximum atomic E-state index is 5.62. The number of ether oxygens (including phenoxy) is 1. The molecule has 0 heterocycles. The van der Waals surface area contributed by atoms with Crippen LogP contribution < -0.4 is 10.1 Å². The summed E-state index contributed by atoms with van der Waals surface area (Å²) < 4.78 is 6.74. The number of benzene rings is 2. The molecule has 2 rings (SSSR count). The van der Waals surface area contributed by atoms with Gasteiger partial charge in [0.05, 0.1) is 6.10 Å². The molecule has 19 heavy (non-hydrogen) atoms. The molecule has 0 atom stereocenters. The Morgan fingerprint density at radius 1 is 1.05 bits per heavy atom. The van der Waals surface area contributed by atoms with E-state index in [2.05, 4.69) is 33.4 Å². The van der Waals surface area contributed by atoms with Gasteiger partial charge in [-0.25, -0.2) is 0 Å². The first-order valence-electron chi connectivity index (χ1n) is 6.39. The lowest BCUT2D eigenvalue weighted by Crippen LogP contribution is -2.05. The van der Waals surface area contributed by atoms with Crippen LogP contribution in [0, 0.1) is 0 Å². The third-order valence-corrected chi connectivity index (χ3v) is 3.44.